The first-order chi connectivity index (χ1) is 10.6. The van der Waals surface area contributed by atoms with E-state index in [1.165, 1.54) is 32.2 Å². The van der Waals surface area contributed by atoms with Crippen LogP contribution in [-0.4, -0.2) is 35.6 Å². The SMILES string of the molecule is CN1C(=O)NC(=O)C(C(=O)CC(C)(N)c2cccc(F)c2)C1=O. The van der Waals surface area contributed by atoms with Gasteiger partial charge in [0.1, 0.15) is 5.82 Å². The van der Waals surface area contributed by atoms with Crippen molar-refractivity contribution >= 4 is 23.6 Å². The van der Waals surface area contributed by atoms with Gasteiger partial charge in [0.2, 0.25) is 5.91 Å². The van der Waals surface area contributed by atoms with E-state index in [2.05, 4.69) is 0 Å². The number of urea groups is 1. The van der Waals surface area contributed by atoms with Crippen molar-refractivity contribution in [2.24, 2.45) is 11.7 Å². The zero-order valence-corrected chi connectivity index (χ0v) is 12.6. The average Bonchev–Trinajstić information content (AvgIpc) is 2.44. The number of benzene rings is 1. The van der Waals surface area contributed by atoms with Crippen LogP contribution in [-0.2, 0) is 19.9 Å². The van der Waals surface area contributed by atoms with Gasteiger partial charge in [-0.1, -0.05) is 12.1 Å². The van der Waals surface area contributed by atoms with Crippen molar-refractivity contribution in [2.45, 2.75) is 18.9 Å². The summed E-state index contributed by atoms with van der Waals surface area (Å²) < 4.78 is 13.3. The molecule has 2 unspecified atom stereocenters. The fourth-order valence-corrected chi connectivity index (χ4v) is 2.36. The van der Waals surface area contributed by atoms with Crippen molar-refractivity contribution in [1.82, 2.24) is 10.2 Å². The van der Waals surface area contributed by atoms with Gasteiger partial charge < -0.3 is 5.73 Å². The fourth-order valence-electron chi connectivity index (χ4n) is 2.36. The zero-order chi connectivity index (χ0) is 17.4. The monoisotopic (exact) mass is 321 g/mol. The minimum atomic E-state index is -1.63. The van der Waals surface area contributed by atoms with E-state index >= 15 is 0 Å². The van der Waals surface area contributed by atoms with Gasteiger partial charge >= 0.3 is 6.03 Å². The third-order valence-electron chi connectivity index (χ3n) is 3.72. The van der Waals surface area contributed by atoms with Crippen LogP contribution in [0.1, 0.15) is 18.9 Å². The van der Waals surface area contributed by atoms with Crippen molar-refractivity contribution in [1.29, 1.82) is 0 Å². The number of imide groups is 2. The molecule has 0 bridgehead atoms. The molecule has 8 heteroatoms. The van der Waals surface area contributed by atoms with E-state index in [4.69, 9.17) is 5.73 Å². The highest BCUT2D eigenvalue weighted by atomic mass is 19.1. The van der Waals surface area contributed by atoms with E-state index in [0.29, 0.717) is 10.5 Å². The number of rotatable bonds is 4. The zero-order valence-electron chi connectivity index (χ0n) is 12.6. The second kappa shape index (κ2) is 5.88. The first kappa shape index (κ1) is 16.8. The minimum absolute atomic E-state index is 0.359. The molecule has 4 amide bonds. The summed E-state index contributed by atoms with van der Waals surface area (Å²) in [6, 6.07) is 4.54. The maximum Gasteiger partial charge on any atom is 0.330 e. The van der Waals surface area contributed by atoms with Crippen LogP contribution in [0, 0.1) is 11.7 Å². The Hall–Kier alpha value is -2.61. The van der Waals surface area contributed by atoms with E-state index < -0.39 is 40.9 Å². The summed E-state index contributed by atoms with van der Waals surface area (Å²) in [5, 5.41) is 1.93. The Kier molecular flexibility index (Phi) is 4.28. The van der Waals surface area contributed by atoms with Crippen LogP contribution in [0.15, 0.2) is 24.3 Å². The largest absolute Gasteiger partial charge is 0.330 e. The molecular weight excluding hydrogens is 305 g/mol. The van der Waals surface area contributed by atoms with Crippen LogP contribution < -0.4 is 11.1 Å². The van der Waals surface area contributed by atoms with Gasteiger partial charge in [-0.2, -0.15) is 0 Å². The van der Waals surface area contributed by atoms with Crippen molar-refractivity contribution in [3.05, 3.63) is 35.6 Å². The van der Waals surface area contributed by atoms with Crippen LogP contribution in [0.3, 0.4) is 0 Å². The molecular formula is C15H16FN3O4. The third-order valence-corrected chi connectivity index (χ3v) is 3.72. The fraction of sp³-hybridized carbons (Fsp3) is 0.333. The number of nitrogens with zero attached hydrogens (tertiary/aromatic N) is 1. The molecule has 1 heterocycles. The molecule has 1 aliphatic heterocycles. The summed E-state index contributed by atoms with van der Waals surface area (Å²) in [7, 11) is 1.17. The summed E-state index contributed by atoms with van der Waals surface area (Å²) in [5.74, 6) is -4.75. The highest BCUT2D eigenvalue weighted by Crippen LogP contribution is 2.25. The lowest BCUT2D eigenvalue weighted by molar-refractivity contribution is -0.147. The quantitative estimate of drug-likeness (QED) is 0.774. The van der Waals surface area contributed by atoms with E-state index in [1.54, 1.807) is 6.07 Å². The number of barbiturate groups is 1. The van der Waals surface area contributed by atoms with Crippen molar-refractivity contribution in [3.63, 3.8) is 0 Å². The first-order valence-electron chi connectivity index (χ1n) is 6.83. The Labute approximate surface area is 131 Å². The second-order valence-electron chi connectivity index (χ2n) is 5.70. The average molecular weight is 321 g/mol. The van der Waals surface area contributed by atoms with Gasteiger partial charge in [-0.3, -0.25) is 24.6 Å². The molecule has 3 N–H and O–H groups in total. The third kappa shape index (κ3) is 3.26. The van der Waals surface area contributed by atoms with E-state index in [9.17, 15) is 23.6 Å². The lowest BCUT2D eigenvalue weighted by Crippen LogP contribution is -2.59. The standard InChI is InChI=1S/C15H16FN3O4/c1-15(17,8-4-3-5-9(16)6-8)7-10(20)11-12(21)18-14(23)19(2)13(11)22/h3-6,11H,7,17H2,1-2H3,(H,18,21,23). The Balaban J connectivity index is 2.22. The molecule has 7 nitrogen and oxygen atoms in total. The van der Waals surface area contributed by atoms with Crippen LogP contribution in [0.4, 0.5) is 9.18 Å². The molecule has 0 aliphatic carbocycles. The molecule has 0 aromatic heterocycles. The number of hydrogen-bond acceptors (Lipinski definition) is 5. The maximum absolute atomic E-state index is 13.3. The number of nitrogens with one attached hydrogen (secondary N) is 1. The molecule has 2 rings (SSSR count). The lowest BCUT2D eigenvalue weighted by atomic mass is 9.83. The summed E-state index contributed by atoms with van der Waals surface area (Å²) in [6.45, 7) is 1.50. The number of nitrogens with two attached hydrogens (primary N) is 1. The summed E-state index contributed by atoms with van der Waals surface area (Å²) in [6.07, 6.45) is -0.359. The van der Waals surface area contributed by atoms with Crippen LogP contribution in [0.2, 0.25) is 0 Å². The summed E-state index contributed by atoms with van der Waals surface area (Å²) in [5.41, 5.74) is 5.15. The number of hydrogen-bond donors (Lipinski definition) is 2. The van der Waals surface area contributed by atoms with Crippen molar-refractivity contribution in [3.8, 4) is 0 Å². The number of carbonyl (C=O) groups is 4. The second-order valence-corrected chi connectivity index (χ2v) is 5.70. The van der Waals surface area contributed by atoms with Crippen LogP contribution >= 0.6 is 0 Å². The number of halogens is 1. The molecule has 1 aromatic rings. The highest BCUT2D eigenvalue weighted by molar-refractivity contribution is 6.26. The minimum Gasteiger partial charge on any atom is -0.321 e. The number of ketones is 1. The molecule has 1 aromatic carbocycles. The first-order valence-corrected chi connectivity index (χ1v) is 6.83. The Morgan fingerprint density at radius 2 is 2.04 bits per heavy atom. The molecule has 1 saturated heterocycles. The summed E-state index contributed by atoms with van der Waals surface area (Å²) >= 11 is 0. The summed E-state index contributed by atoms with van der Waals surface area (Å²) in [4.78, 5) is 48.1. The molecule has 1 aliphatic rings. The molecule has 23 heavy (non-hydrogen) atoms. The Morgan fingerprint density at radius 1 is 1.39 bits per heavy atom. The van der Waals surface area contributed by atoms with Crippen molar-refractivity contribution in [2.75, 3.05) is 7.05 Å². The van der Waals surface area contributed by atoms with E-state index in [-0.39, 0.29) is 6.42 Å². The van der Waals surface area contributed by atoms with E-state index in [1.807, 2.05) is 5.32 Å². The number of amides is 4. The smallest absolute Gasteiger partial charge is 0.321 e. The lowest BCUT2D eigenvalue weighted by Gasteiger charge is -2.29. The molecule has 1 fully saturated rings. The van der Waals surface area contributed by atoms with Gasteiger partial charge in [0.05, 0.1) is 0 Å². The topological polar surface area (TPSA) is 110 Å². The Bertz CT molecular complexity index is 702. The normalized spacial score (nSPS) is 21.0. The molecule has 0 spiro atoms. The number of carbonyl (C=O) groups excluding carboxylic acids is 4. The van der Waals surface area contributed by atoms with Gasteiger partial charge in [-0.25, -0.2) is 9.18 Å². The van der Waals surface area contributed by atoms with E-state index in [0.717, 1.165) is 0 Å². The van der Waals surface area contributed by atoms with Gasteiger partial charge in [-0.15, -0.1) is 0 Å². The predicted molar refractivity (Wildman–Crippen MR) is 77.4 cm³/mol. The van der Waals surface area contributed by atoms with Gasteiger partial charge in [-0.05, 0) is 24.6 Å². The van der Waals surface area contributed by atoms with Crippen LogP contribution in [0.25, 0.3) is 0 Å². The Morgan fingerprint density at radius 3 is 2.65 bits per heavy atom. The molecule has 2 atom stereocenters. The predicted octanol–water partition coefficient (Wildman–Crippen LogP) is 0.283. The molecule has 0 radical (unpaired) electrons. The molecule has 122 valence electrons. The van der Waals surface area contributed by atoms with Crippen molar-refractivity contribution < 1.29 is 23.6 Å². The highest BCUT2D eigenvalue weighted by Gasteiger charge is 2.44. The van der Waals surface area contributed by atoms with Gasteiger partial charge in [0.15, 0.2) is 11.7 Å². The van der Waals surface area contributed by atoms with Crippen LogP contribution in [0.5, 0.6) is 0 Å². The molecule has 0 saturated carbocycles. The van der Waals surface area contributed by atoms with Gasteiger partial charge in [0.25, 0.3) is 5.91 Å². The van der Waals surface area contributed by atoms with Gasteiger partial charge in [0, 0.05) is 19.0 Å². The number of Topliss-reactive ketones (excluding diaryl/α,β-unsaturated/α-hetero) is 1. The maximum atomic E-state index is 13.3.